The summed E-state index contributed by atoms with van der Waals surface area (Å²) in [7, 11) is 0. The summed E-state index contributed by atoms with van der Waals surface area (Å²) in [6.45, 7) is 9.55. The van der Waals surface area contributed by atoms with Crippen molar-refractivity contribution in [3.05, 3.63) is 28.3 Å². The van der Waals surface area contributed by atoms with Gasteiger partial charge in [0.05, 0.1) is 51.7 Å². The average molecular weight is 583 g/mol. The molecule has 13 heteroatoms. The van der Waals surface area contributed by atoms with Crippen LogP contribution in [0.15, 0.2) is 31.5 Å². The van der Waals surface area contributed by atoms with Crippen LogP contribution in [0.1, 0.15) is 58.3 Å². The fourth-order valence-corrected chi connectivity index (χ4v) is 4.70. The van der Waals surface area contributed by atoms with Gasteiger partial charge in [0.1, 0.15) is 28.9 Å². The molecule has 1 saturated carbocycles. The van der Waals surface area contributed by atoms with Crippen LogP contribution in [-0.2, 0) is 23.8 Å². The second kappa shape index (κ2) is 16.7. The molecular weight excluding hydrogens is 540 g/mol. The van der Waals surface area contributed by atoms with Crippen molar-refractivity contribution in [2.45, 2.75) is 58.2 Å². The number of rotatable bonds is 20. The van der Waals surface area contributed by atoms with Crippen LogP contribution in [0.4, 0.5) is 0 Å². The molecule has 0 aromatic carbocycles. The van der Waals surface area contributed by atoms with Crippen LogP contribution in [0.5, 0.6) is 5.75 Å². The van der Waals surface area contributed by atoms with E-state index in [4.69, 9.17) is 33.9 Å². The van der Waals surface area contributed by atoms with E-state index in [0.717, 1.165) is 19.3 Å². The van der Waals surface area contributed by atoms with Crippen molar-refractivity contribution in [1.82, 2.24) is 5.32 Å². The summed E-state index contributed by atoms with van der Waals surface area (Å²) < 4.78 is 27.2. The van der Waals surface area contributed by atoms with Gasteiger partial charge >= 0.3 is 5.63 Å². The minimum atomic E-state index is -1.49. The molecule has 1 aromatic rings. The Kier molecular flexibility index (Phi) is 13.4. The van der Waals surface area contributed by atoms with Gasteiger partial charge in [-0.2, -0.15) is 0 Å². The fourth-order valence-electron chi connectivity index (χ4n) is 3.67. The molecule has 3 N–H and O–H groups in total. The Morgan fingerprint density at radius 3 is 2.55 bits per heavy atom. The number of aliphatic imine (C=N–C) groups is 1. The van der Waals surface area contributed by atoms with E-state index in [9.17, 15) is 9.59 Å². The van der Waals surface area contributed by atoms with Gasteiger partial charge in [-0.1, -0.05) is 18.5 Å². The number of ether oxygens (including phenoxy) is 4. The summed E-state index contributed by atoms with van der Waals surface area (Å²) in [5.41, 5.74) is 4.89. The van der Waals surface area contributed by atoms with E-state index in [0.29, 0.717) is 80.9 Å². The van der Waals surface area contributed by atoms with Crippen molar-refractivity contribution in [2.24, 2.45) is 21.8 Å². The number of carbonyl (C=O) groups is 1. The van der Waals surface area contributed by atoms with Crippen molar-refractivity contribution >= 4 is 28.4 Å². The van der Waals surface area contributed by atoms with Crippen molar-refractivity contribution in [3.63, 3.8) is 0 Å². The van der Waals surface area contributed by atoms with Crippen LogP contribution < -0.4 is 21.4 Å². The molecule has 0 radical (unpaired) electrons. The quantitative estimate of drug-likeness (QED) is 0.133. The molecule has 3 rings (SSSR count). The monoisotopic (exact) mass is 582 g/mol. The summed E-state index contributed by atoms with van der Waals surface area (Å²) >= 11 is 1.33. The zero-order valence-corrected chi connectivity index (χ0v) is 24.5. The van der Waals surface area contributed by atoms with Gasteiger partial charge in [-0.05, 0) is 39.0 Å². The summed E-state index contributed by atoms with van der Waals surface area (Å²) in [5.74, 6) is 1.08. The topological polar surface area (TPSA) is 156 Å². The number of nitrogens with zero attached hydrogens (tertiary/aromatic N) is 2. The van der Waals surface area contributed by atoms with E-state index in [1.165, 1.54) is 17.8 Å². The third kappa shape index (κ3) is 10.8. The van der Waals surface area contributed by atoms with Crippen molar-refractivity contribution in [2.75, 3.05) is 58.6 Å². The first-order valence-corrected chi connectivity index (χ1v) is 14.8. The maximum Gasteiger partial charge on any atom is 0.339 e. The van der Waals surface area contributed by atoms with E-state index >= 15 is 0 Å². The van der Waals surface area contributed by atoms with Crippen molar-refractivity contribution < 1.29 is 33.0 Å². The normalized spacial score (nSPS) is 19.8. The van der Waals surface area contributed by atoms with E-state index in [1.807, 2.05) is 13.8 Å². The predicted octanol–water partition coefficient (Wildman–Crippen LogP) is 2.65. The van der Waals surface area contributed by atoms with Gasteiger partial charge in [0.2, 0.25) is 0 Å². The molecule has 2 aliphatic rings. The van der Waals surface area contributed by atoms with Crippen LogP contribution in [0.25, 0.3) is 0 Å². The van der Waals surface area contributed by atoms with E-state index in [-0.39, 0.29) is 12.4 Å². The smallest absolute Gasteiger partial charge is 0.339 e. The van der Waals surface area contributed by atoms with Crippen LogP contribution >= 0.6 is 11.8 Å². The van der Waals surface area contributed by atoms with Gasteiger partial charge in [-0.15, -0.1) is 11.8 Å². The van der Waals surface area contributed by atoms with Gasteiger partial charge in [-0.25, -0.2) is 9.79 Å². The van der Waals surface area contributed by atoms with Gasteiger partial charge in [0, 0.05) is 18.4 Å². The number of hydrogen-bond donors (Lipinski definition) is 2. The van der Waals surface area contributed by atoms with Crippen LogP contribution in [0, 0.1) is 5.92 Å². The first-order chi connectivity index (χ1) is 19.3. The standard InChI is InChI=1S/C27H42N4O8S/c1-4-6-22(23-15-21(16-24(32)39-23)37-17-20-7-8-20)29-26(33)27(28)18-40-25(30-27)19(3)31-38-14-13-36-12-11-35-10-9-34-5-2/h15-16,20,22H,4-14,17-18,28H2,1-3H3,(H,29,33)/b31-19+/t22-,27+/m1/s1. The maximum absolute atomic E-state index is 13.2. The maximum atomic E-state index is 13.2. The number of carbonyl (C=O) groups excluding carboxylic acids is 1. The Morgan fingerprint density at radius 2 is 1.88 bits per heavy atom. The van der Waals surface area contributed by atoms with Gasteiger partial charge in [0.15, 0.2) is 5.66 Å². The lowest BCUT2D eigenvalue weighted by atomic mass is 10.1. The molecule has 1 aliphatic heterocycles. The summed E-state index contributed by atoms with van der Waals surface area (Å²) in [5, 5.41) is 7.52. The number of hydrogen-bond acceptors (Lipinski definition) is 12. The molecule has 0 bridgehead atoms. The first-order valence-electron chi connectivity index (χ1n) is 13.8. The summed E-state index contributed by atoms with van der Waals surface area (Å²) in [6, 6.07) is 2.44. The third-order valence-electron chi connectivity index (χ3n) is 6.07. The van der Waals surface area contributed by atoms with Gasteiger partial charge < -0.3 is 33.5 Å². The fraction of sp³-hybridized carbons (Fsp3) is 0.704. The average Bonchev–Trinajstić information content (AvgIpc) is 3.68. The lowest BCUT2D eigenvalue weighted by molar-refractivity contribution is -0.126. The molecular formula is C27H42N4O8S. The zero-order chi connectivity index (χ0) is 28.8. The van der Waals surface area contributed by atoms with Crippen molar-refractivity contribution in [1.29, 1.82) is 0 Å². The second-order valence-electron chi connectivity index (χ2n) is 9.65. The molecule has 2 atom stereocenters. The molecule has 0 unspecified atom stereocenters. The van der Waals surface area contributed by atoms with Crippen LogP contribution in [0.2, 0.25) is 0 Å². The first kappa shape index (κ1) is 32.1. The molecule has 0 saturated heterocycles. The molecule has 1 fully saturated rings. The largest absolute Gasteiger partial charge is 0.493 e. The molecule has 224 valence electrons. The summed E-state index contributed by atoms with van der Waals surface area (Å²) in [6.07, 6.45) is 3.57. The Morgan fingerprint density at radius 1 is 1.18 bits per heavy atom. The number of nitrogens with one attached hydrogen (secondary N) is 1. The van der Waals surface area contributed by atoms with E-state index in [2.05, 4.69) is 15.5 Å². The SMILES string of the molecule is CCC[C@@H](NC(=O)[C@]1(N)CSC(/C(C)=N/OCCOCCOCCOCC)=N1)c1cc(OCC2CC2)cc(=O)o1. The molecule has 2 heterocycles. The minimum Gasteiger partial charge on any atom is -0.493 e. The highest BCUT2D eigenvalue weighted by molar-refractivity contribution is 8.16. The predicted molar refractivity (Wildman–Crippen MR) is 153 cm³/mol. The Labute approximate surface area is 239 Å². The lowest BCUT2D eigenvalue weighted by Crippen LogP contribution is -2.54. The Balaban J connectivity index is 1.48. The van der Waals surface area contributed by atoms with Gasteiger partial charge in [0.25, 0.3) is 5.91 Å². The number of oxime groups is 1. The molecule has 0 spiro atoms. The van der Waals surface area contributed by atoms with Crippen LogP contribution in [0.3, 0.4) is 0 Å². The highest BCUT2D eigenvalue weighted by Gasteiger charge is 2.41. The van der Waals surface area contributed by atoms with E-state index in [1.54, 1.807) is 13.0 Å². The Bertz CT molecular complexity index is 1060. The number of nitrogens with two attached hydrogens (primary N) is 1. The molecule has 1 aliphatic carbocycles. The summed E-state index contributed by atoms with van der Waals surface area (Å²) in [4.78, 5) is 35.2. The Hall–Kier alpha value is -2.45. The molecule has 40 heavy (non-hydrogen) atoms. The zero-order valence-electron chi connectivity index (χ0n) is 23.6. The number of thioether (sulfide) groups is 1. The highest BCUT2D eigenvalue weighted by atomic mass is 32.2. The van der Waals surface area contributed by atoms with Crippen LogP contribution in [-0.4, -0.2) is 80.9 Å². The number of amides is 1. The van der Waals surface area contributed by atoms with Crippen molar-refractivity contribution in [3.8, 4) is 5.75 Å². The minimum absolute atomic E-state index is 0.237. The van der Waals surface area contributed by atoms with Gasteiger partial charge in [-0.3, -0.25) is 10.5 Å². The third-order valence-corrected chi connectivity index (χ3v) is 7.32. The molecule has 1 aromatic heterocycles. The second-order valence-corrected chi connectivity index (χ2v) is 10.6. The van der Waals surface area contributed by atoms with E-state index < -0.39 is 23.2 Å². The molecule has 12 nitrogen and oxygen atoms in total. The highest BCUT2D eigenvalue weighted by Crippen LogP contribution is 2.30. The lowest BCUT2D eigenvalue weighted by Gasteiger charge is -2.24. The molecule has 1 amide bonds.